The van der Waals surface area contributed by atoms with Gasteiger partial charge < -0.3 is 4.90 Å². The Bertz CT molecular complexity index is 201. The van der Waals surface area contributed by atoms with Gasteiger partial charge in [0.05, 0.1) is 0 Å². The molecule has 2 rings (SSSR count). The molecule has 0 aromatic rings. The molecule has 0 bridgehead atoms. The number of allylic oxidation sites excluding steroid dienone is 2. The van der Waals surface area contributed by atoms with Crippen molar-refractivity contribution in [3.05, 3.63) is 23.3 Å². The van der Waals surface area contributed by atoms with Gasteiger partial charge in [-0.25, -0.2) is 0 Å². The number of nitrogens with zero attached hydrogens (tertiary/aromatic N) is 1. The minimum Gasteiger partial charge on any atom is -0.306 e. The molecule has 1 aliphatic carbocycles. The lowest BCUT2D eigenvalue weighted by Gasteiger charge is -2.11. The summed E-state index contributed by atoms with van der Waals surface area (Å²) in [7, 11) is 2.22. The predicted molar refractivity (Wildman–Crippen MR) is 52.1 cm³/mol. The molecule has 0 atom stereocenters. The van der Waals surface area contributed by atoms with Gasteiger partial charge >= 0.3 is 0 Å². The second kappa shape index (κ2) is 3.44. The van der Waals surface area contributed by atoms with Crippen molar-refractivity contribution in [2.45, 2.75) is 25.7 Å². The molecule has 0 aromatic carbocycles. The Morgan fingerprint density at radius 1 is 1.00 bits per heavy atom. The number of hydrogen-bond donors (Lipinski definition) is 0. The average Bonchev–Trinajstić information content (AvgIpc) is 2.29. The van der Waals surface area contributed by atoms with Gasteiger partial charge in [-0.2, -0.15) is 0 Å². The first kappa shape index (κ1) is 8.06. The Morgan fingerprint density at radius 2 is 1.50 bits per heavy atom. The zero-order valence-electron chi connectivity index (χ0n) is 7.84. The molecule has 1 aliphatic heterocycles. The summed E-state index contributed by atoms with van der Waals surface area (Å²) in [6.07, 6.45) is 9.94. The van der Waals surface area contributed by atoms with Crippen LogP contribution in [0, 0.1) is 0 Å². The number of likely N-dealkylation sites (tertiary alicyclic amines) is 1. The van der Waals surface area contributed by atoms with Crippen LogP contribution in [0.1, 0.15) is 25.7 Å². The minimum atomic E-state index is 1.24. The van der Waals surface area contributed by atoms with Crippen molar-refractivity contribution in [1.82, 2.24) is 4.90 Å². The van der Waals surface area contributed by atoms with Gasteiger partial charge in [0.15, 0.2) is 0 Å². The zero-order chi connectivity index (χ0) is 8.39. The van der Waals surface area contributed by atoms with Crippen LogP contribution in [-0.2, 0) is 0 Å². The molecule has 12 heavy (non-hydrogen) atoms. The summed E-state index contributed by atoms with van der Waals surface area (Å²) in [6.45, 7) is 2.48. The summed E-state index contributed by atoms with van der Waals surface area (Å²) >= 11 is 0. The van der Waals surface area contributed by atoms with Crippen LogP contribution in [0.25, 0.3) is 0 Å². The number of fused-ring (bicyclic) bond motifs is 1. The van der Waals surface area contributed by atoms with Crippen molar-refractivity contribution in [2.75, 3.05) is 20.1 Å². The van der Waals surface area contributed by atoms with Crippen molar-refractivity contribution >= 4 is 0 Å². The van der Waals surface area contributed by atoms with Gasteiger partial charge in [0.2, 0.25) is 0 Å². The molecule has 1 nitrogen and oxygen atoms in total. The fourth-order valence-electron chi connectivity index (χ4n) is 2.04. The van der Waals surface area contributed by atoms with E-state index >= 15 is 0 Å². The van der Waals surface area contributed by atoms with Gasteiger partial charge in [-0.3, -0.25) is 0 Å². The van der Waals surface area contributed by atoms with E-state index in [-0.39, 0.29) is 0 Å². The molecular weight excluding hydrogens is 146 g/mol. The summed E-state index contributed by atoms with van der Waals surface area (Å²) in [5.74, 6) is 0. The quantitative estimate of drug-likeness (QED) is 0.530. The van der Waals surface area contributed by atoms with E-state index in [0.29, 0.717) is 0 Å². The van der Waals surface area contributed by atoms with E-state index in [4.69, 9.17) is 0 Å². The Morgan fingerprint density at radius 3 is 2.00 bits per heavy atom. The van der Waals surface area contributed by atoms with Crippen LogP contribution in [-0.4, -0.2) is 25.0 Å². The van der Waals surface area contributed by atoms with E-state index in [0.717, 1.165) is 0 Å². The fourth-order valence-corrected chi connectivity index (χ4v) is 2.04. The third-order valence-electron chi connectivity index (χ3n) is 2.89. The van der Waals surface area contributed by atoms with Gasteiger partial charge in [0, 0.05) is 13.1 Å². The third kappa shape index (κ3) is 1.61. The molecule has 0 spiro atoms. The van der Waals surface area contributed by atoms with E-state index in [1.54, 1.807) is 11.1 Å². The predicted octanol–water partition coefficient (Wildman–Crippen LogP) is 2.36. The topological polar surface area (TPSA) is 3.24 Å². The highest BCUT2D eigenvalue weighted by atomic mass is 15.1. The Hall–Kier alpha value is -0.560. The van der Waals surface area contributed by atoms with Crippen LogP contribution in [0.2, 0.25) is 0 Å². The smallest absolute Gasteiger partial charge is 0.00189 e. The van der Waals surface area contributed by atoms with Crippen molar-refractivity contribution in [2.24, 2.45) is 0 Å². The lowest BCUT2D eigenvalue weighted by atomic mass is 9.94. The van der Waals surface area contributed by atoms with Gasteiger partial charge in [-0.15, -0.1) is 0 Å². The molecule has 2 aliphatic rings. The molecule has 0 radical (unpaired) electrons. The molecule has 0 unspecified atom stereocenters. The third-order valence-corrected chi connectivity index (χ3v) is 2.89. The molecular formula is C11H17N. The van der Waals surface area contributed by atoms with E-state index in [1.165, 1.54) is 38.8 Å². The normalized spacial score (nSPS) is 25.4. The van der Waals surface area contributed by atoms with Crippen LogP contribution >= 0.6 is 0 Å². The first-order valence-electron chi connectivity index (χ1n) is 4.93. The Labute approximate surface area is 74.8 Å². The highest BCUT2D eigenvalue weighted by Gasteiger charge is 2.14. The largest absolute Gasteiger partial charge is 0.306 e. The van der Waals surface area contributed by atoms with Gasteiger partial charge in [0.25, 0.3) is 0 Å². The van der Waals surface area contributed by atoms with E-state index in [2.05, 4.69) is 24.1 Å². The van der Waals surface area contributed by atoms with Gasteiger partial charge in [-0.1, -0.05) is 12.2 Å². The molecule has 1 saturated heterocycles. The lowest BCUT2D eigenvalue weighted by molar-refractivity contribution is 0.355. The second-order valence-corrected chi connectivity index (χ2v) is 3.84. The summed E-state index contributed by atoms with van der Waals surface area (Å²) < 4.78 is 0. The number of hydrogen-bond acceptors (Lipinski definition) is 1. The van der Waals surface area contributed by atoms with E-state index < -0.39 is 0 Å². The zero-order valence-corrected chi connectivity index (χ0v) is 7.84. The maximum absolute atomic E-state index is 2.44. The second-order valence-electron chi connectivity index (χ2n) is 3.84. The average molecular weight is 163 g/mol. The highest BCUT2D eigenvalue weighted by Crippen LogP contribution is 2.26. The standard InChI is InChI=1S/C11H17N/c1-12-8-6-10-4-2-3-5-11(10)7-9-12/h4-5H,2-3,6-9H2,1H3. The van der Waals surface area contributed by atoms with Crippen LogP contribution < -0.4 is 0 Å². The first-order valence-corrected chi connectivity index (χ1v) is 4.93. The lowest BCUT2D eigenvalue weighted by Crippen LogP contribution is -2.18. The molecule has 1 fully saturated rings. The van der Waals surface area contributed by atoms with Crippen LogP contribution in [0.15, 0.2) is 23.3 Å². The summed E-state index contributed by atoms with van der Waals surface area (Å²) in [4.78, 5) is 2.43. The molecule has 66 valence electrons. The van der Waals surface area contributed by atoms with E-state index in [1.807, 2.05) is 0 Å². The van der Waals surface area contributed by atoms with Crippen LogP contribution in [0.5, 0.6) is 0 Å². The SMILES string of the molecule is CN1CCC2=CCCC=C2CC1. The summed E-state index contributed by atoms with van der Waals surface area (Å²) in [6, 6.07) is 0. The molecule has 0 amide bonds. The van der Waals surface area contributed by atoms with Crippen LogP contribution in [0.4, 0.5) is 0 Å². The fraction of sp³-hybridized carbons (Fsp3) is 0.636. The summed E-state index contributed by atoms with van der Waals surface area (Å²) in [5, 5.41) is 0. The highest BCUT2D eigenvalue weighted by molar-refractivity contribution is 5.34. The molecule has 0 saturated carbocycles. The molecule has 0 N–H and O–H groups in total. The van der Waals surface area contributed by atoms with Crippen molar-refractivity contribution in [1.29, 1.82) is 0 Å². The first-order chi connectivity index (χ1) is 5.86. The van der Waals surface area contributed by atoms with Crippen LogP contribution in [0.3, 0.4) is 0 Å². The monoisotopic (exact) mass is 163 g/mol. The van der Waals surface area contributed by atoms with Gasteiger partial charge in [-0.05, 0) is 43.9 Å². The van der Waals surface area contributed by atoms with Crippen molar-refractivity contribution < 1.29 is 0 Å². The van der Waals surface area contributed by atoms with Crippen molar-refractivity contribution in [3.8, 4) is 0 Å². The van der Waals surface area contributed by atoms with Gasteiger partial charge in [0.1, 0.15) is 0 Å². The molecule has 1 heterocycles. The molecule has 1 heteroatoms. The Balaban J connectivity index is 2.14. The summed E-state index contributed by atoms with van der Waals surface area (Å²) in [5.41, 5.74) is 3.26. The Kier molecular flexibility index (Phi) is 2.31. The van der Waals surface area contributed by atoms with E-state index in [9.17, 15) is 0 Å². The minimum absolute atomic E-state index is 1.24. The number of rotatable bonds is 0. The van der Waals surface area contributed by atoms with Crippen molar-refractivity contribution in [3.63, 3.8) is 0 Å². The maximum atomic E-state index is 2.44. The maximum Gasteiger partial charge on any atom is 0.00189 e. The molecule has 0 aromatic heterocycles.